The van der Waals surface area contributed by atoms with Crippen molar-refractivity contribution in [2.24, 2.45) is 17.8 Å². The van der Waals surface area contributed by atoms with E-state index in [0.29, 0.717) is 12.3 Å². The number of fused-ring (bicyclic) bond motifs is 1. The second-order valence-electron chi connectivity index (χ2n) is 3.32. The molecule has 60 valence electrons. The Bertz CT molecular complexity index is 221. The van der Waals surface area contributed by atoms with E-state index in [0.717, 1.165) is 6.42 Å². The van der Waals surface area contributed by atoms with Crippen LogP contribution >= 0.6 is 0 Å². The van der Waals surface area contributed by atoms with Gasteiger partial charge in [0.25, 0.3) is 0 Å². The van der Waals surface area contributed by atoms with Gasteiger partial charge in [0.2, 0.25) is 0 Å². The summed E-state index contributed by atoms with van der Waals surface area (Å²) in [5.74, 6) is 0.280. The van der Waals surface area contributed by atoms with Crippen LogP contribution in [0.2, 0.25) is 0 Å². The molecule has 0 aromatic heterocycles. The van der Waals surface area contributed by atoms with Crippen LogP contribution in [0.5, 0.6) is 0 Å². The number of carbonyl (C=O) groups excluding carboxylic acids is 2. The smallest absolute Gasteiger partial charge is 0.309 e. The predicted octanol–water partition coefficient (Wildman–Crippen LogP) is 0.384. The molecule has 0 spiro atoms. The molecule has 3 heteroatoms. The Morgan fingerprint density at radius 3 is 2.73 bits per heavy atom. The number of ketones is 1. The quantitative estimate of drug-likeness (QED) is 0.513. The third-order valence-electron chi connectivity index (χ3n) is 2.85. The monoisotopic (exact) mass is 154 g/mol. The predicted molar refractivity (Wildman–Crippen MR) is 36.7 cm³/mol. The first-order chi connectivity index (χ1) is 5.24. The van der Waals surface area contributed by atoms with E-state index < -0.39 is 0 Å². The Labute approximate surface area is 64.7 Å². The fourth-order valence-corrected chi connectivity index (χ4v) is 2.20. The number of carbonyl (C=O) groups is 2. The molecule has 0 heterocycles. The average molecular weight is 154 g/mol. The van der Waals surface area contributed by atoms with Crippen LogP contribution in [0.25, 0.3) is 0 Å². The van der Waals surface area contributed by atoms with Crippen molar-refractivity contribution < 1.29 is 14.3 Å². The lowest BCUT2D eigenvalue weighted by molar-refractivity contribution is -0.154. The molecule has 0 N–H and O–H groups in total. The maximum Gasteiger partial charge on any atom is 0.309 e. The molecule has 3 rings (SSSR count). The first kappa shape index (κ1) is 6.83. The van der Waals surface area contributed by atoms with E-state index in [1.54, 1.807) is 0 Å². The maximum atomic E-state index is 11.0. The lowest BCUT2D eigenvalue weighted by Crippen LogP contribution is -2.37. The molecular formula is C8H10O3. The van der Waals surface area contributed by atoms with Crippen LogP contribution in [0.15, 0.2) is 0 Å². The third-order valence-corrected chi connectivity index (χ3v) is 2.85. The number of Topliss-reactive ketones (excluding diaryl/α,β-unsaturated/α-hetero) is 1. The summed E-state index contributed by atoms with van der Waals surface area (Å²) in [6.07, 6.45) is 1.52. The van der Waals surface area contributed by atoms with Crippen molar-refractivity contribution in [2.45, 2.75) is 12.8 Å². The van der Waals surface area contributed by atoms with E-state index in [-0.39, 0.29) is 23.6 Å². The molecule has 3 atom stereocenters. The van der Waals surface area contributed by atoms with Crippen LogP contribution in [0.1, 0.15) is 12.8 Å². The van der Waals surface area contributed by atoms with E-state index in [2.05, 4.69) is 4.74 Å². The Morgan fingerprint density at radius 1 is 1.64 bits per heavy atom. The van der Waals surface area contributed by atoms with Crippen molar-refractivity contribution in [1.82, 2.24) is 0 Å². The summed E-state index contributed by atoms with van der Waals surface area (Å²) >= 11 is 0. The fraction of sp³-hybridized carbons (Fsp3) is 0.750. The van der Waals surface area contributed by atoms with E-state index in [1.165, 1.54) is 7.11 Å². The summed E-state index contributed by atoms with van der Waals surface area (Å²) < 4.78 is 4.59. The van der Waals surface area contributed by atoms with Crippen molar-refractivity contribution >= 4 is 11.8 Å². The molecule has 2 bridgehead atoms. The maximum absolute atomic E-state index is 11.0. The Morgan fingerprint density at radius 2 is 2.36 bits per heavy atom. The molecular weight excluding hydrogens is 144 g/mol. The highest BCUT2D eigenvalue weighted by Gasteiger charge is 2.56. The van der Waals surface area contributed by atoms with Crippen LogP contribution in [-0.2, 0) is 14.3 Å². The standard InChI is InChI=1S/C8H10O3/c1-11-8(10)7-4-2-5(7)6(9)3-4/h4-5,7H,2-3H2,1H3/t4-,5+,7-/m0/s1. The number of hydrogen-bond donors (Lipinski definition) is 0. The summed E-state index contributed by atoms with van der Waals surface area (Å²) in [6, 6.07) is 0. The molecule has 0 radical (unpaired) electrons. The number of esters is 1. The first-order valence-electron chi connectivity index (χ1n) is 3.84. The van der Waals surface area contributed by atoms with Gasteiger partial charge >= 0.3 is 5.97 Å². The van der Waals surface area contributed by atoms with Gasteiger partial charge in [-0.05, 0) is 12.3 Å². The topological polar surface area (TPSA) is 43.4 Å². The van der Waals surface area contributed by atoms with Gasteiger partial charge in [-0.15, -0.1) is 0 Å². The molecule has 3 nitrogen and oxygen atoms in total. The van der Waals surface area contributed by atoms with Crippen LogP contribution < -0.4 is 0 Å². The van der Waals surface area contributed by atoms with Crippen LogP contribution in [-0.4, -0.2) is 18.9 Å². The van der Waals surface area contributed by atoms with Gasteiger partial charge in [-0.2, -0.15) is 0 Å². The van der Waals surface area contributed by atoms with E-state index in [9.17, 15) is 9.59 Å². The van der Waals surface area contributed by atoms with Gasteiger partial charge in [-0.25, -0.2) is 0 Å². The van der Waals surface area contributed by atoms with Crippen LogP contribution in [0.3, 0.4) is 0 Å². The Hall–Kier alpha value is -0.860. The molecule has 0 aromatic carbocycles. The number of methoxy groups -OCH3 is 1. The minimum Gasteiger partial charge on any atom is -0.469 e. The minimum atomic E-state index is -0.197. The number of ether oxygens (including phenoxy) is 1. The zero-order valence-electron chi connectivity index (χ0n) is 6.37. The van der Waals surface area contributed by atoms with Crippen LogP contribution in [0.4, 0.5) is 0 Å². The molecule has 11 heavy (non-hydrogen) atoms. The van der Waals surface area contributed by atoms with Crippen molar-refractivity contribution in [3.63, 3.8) is 0 Å². The molecule has 0 aromatic rings. The SMILES string of the molecule is COC(=O)[C@H]1[C@@H]2CC(=O)[C@H]1C2. The molecule has 0 unspecified atom stereocenters. The van der Waals surface area contributed by atoms with E-state index in [4.69, 9.17) is 0 Å². The van der Waals surface area contributed by atoms with Gasteiger partial charge in [0, 0.05) is 12.3 Å². The summed E-state index contributed by atoms with van der Waals surface area (Å²) in [5.41, 5.74) is 0. The fourth-order valence-electron chi connectivity index (χ4n) is 2.20. The van der Waals surface area contributed by atoms with Gasteiger partial charge in [0.05, 0.1) is 13.0 Å². The zero-order chi connectivity index (χ0) is 8.01. The highest BCUT2D eigenvalue weighted by atomic mass is 16.5. The zero-order valence-corrected chi connectivity index (χ0v) is 6.37. The molecule has 0 amide bonds. The highest BCUT2D eigenvalue weighted by molar-refractivity contribution is 5.93. The summed E-state index contributed by atoms with van der Waals surface area (Å²) in [4.78, 5) is 22.1. The minimum absolute atomic E-state index is 0.00690. The summed E-state index contributed by atoms with van der Waals surface area (Å²) in [5, 5.41) is 0. The lowest BCUT2D eigenvalue weighted by atomic mass is 9.72. The van der Waals surface area contributed by atoms with Gasteiger partial charge in [0.15, 0.2) is 0 Å². The highest BCUT2D eigenvalue weighted by Crippen LogP contribution is 2.51. The molecule has 3 aliphatic rings. The van der Waals surface area contributed by atoms with Crippen molar-refractivity contribution in [3.05, 3.63) is 0 Å². The lowest BCUT2D eigenvalue weighted by Gasteiger charge is -2.31. The van der Waals surface area contributed by atoms with Gasteiger partial charge in [0.1, 0.15) is 5.78 Å². The normalized spacial score (nSPS) is 40.1. The average Bonchev–Trinajstić information content (AvgIpc) is 2.43. The van der Waals surface area contributed by atoms with E-state index >= 15 is 0 Å². The van der Waals surface area contributed by atoms with Crippen LogP contribution in [0, 0.1) is 17.8 Å². The molecule has 3 saturated carbocycles. The first-order valence-corrected chi connectivity index (χ1v) is 3.84. The Balaban J connectivity index is 2.10. The third kappa shape index (κ3) is 0.737. The van der Waals surface area contributed by atoms with Gasteiger partial charge < -0.3 is 4.74 Å². The van der Waals surface area contributed by atoms with Gasteiger partial charge in [-0.1, -0.05) is 0 Å². The van der Waals surface area contributed by atoms with Crippen molar-refractivity contribution in [3.8, 4) is 0 Å². The largest absolute Gasteiger partial charge is 0.469 e. The summed E-state index contributed by atoms with van der Waals surface area (Å²) in [7, 11) is 1.38. The Kier molecular flexibility index (Phi) is 1.28. The van der Waals surface area contributed by atoms with Crippen molar-refractivity contribution in [1.29, 1.82) is 0 Å². The van der Waals surface area contributed by atoms with E-state index in [1.807, 2.05) is 0 Å². The molecule has 3 aliphatic carbocycles. The number of rotatable bonds is 1. The molecule has 3 fully saturated rings. The second kappa shape index (κ2) is 2.06. The molecule has 0 saturated heterocycles. The number of hydrogen-bond acceptors (Lipinski definition) is 3. The second-order valence-corrected chi connectivity index (χ2v) is 3.32. The van der Waals surface area contributed by atoms with Gasteiger partial charge in [-0.3, -0.25) is 9.59 Å². The van der Waals surface area contributed by atoms with Crippen molar-refractivity contribution in [2.75, 3.05) is 7.11 Å². The summed E-state index contributed by atoms with van der Waals surface area (Å²) in [6.45, 7) is 0. The molecule has 0 aliphatic heterocycles.